The first-order valence-corrected chi connectivity index (χ1v) is 10.1. The molecular weight excluding hydrogens is 378 g/mol. The number of carbonyl (C=O) groups is 1. The minimum atomic E-state index is -0.332. The number of H-pyrrole nitrogens is 1. The van der Waals surface area contributed by atoms with Crippen LogP contribution in [0.15, 0.2) is 53.5 Å². The summed E-state index contributed by atoms with van der Waals surface area (Å²) in [6, 6.07) is 16.0. The van der Waals surface area contributed by atoms with E-state index in [-0.39, 0.29) is 11.9 Å². The predicted octanol–water partition coefficient (Wildman–Crippen LogP) is 3.26. The van der Waals surface area contributed by atoms with E-state index < -0.39 is 0 Å². The van der Waals surface area contributed by atoms with E-state index in [9.17, 15) is 4.79 Å². The Balaban J connectivity index is 1.67. The summed E-state index contributed by atoms with van der Waals surface area (Å²) >= 11 is 0. The van der Waals surface area contributed by atoms with Crippen molar-refractivity contribution < 1.29 is 9.53 Å². The van der Waals surface area contributed by atoms with Gasteiger partial charge in [0, 0.05) is 30.6 Å². The van der Waals surface area contributed by atoms with Crippen molar-refractivity contribution in [2.45, 2.75) is 27.0 Å². The Kier molecular flexibility index (Phi) is 7.08. The minimum absolute atomic E-state index is 0.0749. The second kappa shape index (κ2) is 9.93. The molecule has 0 unspecified atom stereocenters. The summed E-state index contributed by atoms with van der Waals surface area (Å²) < 4.78 is 5.99. The van der Waals surface area contributed by atoms with Crippen LogP contribution in [0.1, 0.15) is 35.5 Å². The van der Waals surface area contributed by atoms with Crippen LogP contribution < -0.4 is 15.8 Å². The molecule has 0 aliphatic carbocycles. The number of nitrogens with two attached hydrogens (primary N) is 1. The van der Waals surface area contributed by atoms with Crippen molar-refractivity contribution in [3.05, 3.63) is 65.4 Å². The van der Waals surface area contributed by atoms with Crippen LogP contribution in [-0.2, 0) is 13.2 Å². The van der Waals surface area contributed by atoms with Crippen molar-refractivity contribution in [3.8, 4) is 5.75 Å². The van der Waals surface area contributed by atoms with Gasteiger partial charge in [-0.05, 0) is 42.4 Å². The third-order valence-corrected chi connectivity index (χ3v) is 5.02. The molecule has 1 amide bonds. The number of benzene rings is 2. The summed E-state index contributed by atoms with van der Waals surface area (Å²) in [5.41, 5.74) is 9.20. The number of nitrogens with zero attached hydrogens (tertiary/aromatic N) is 2. The summed E-state index contributed by atoms with van der Waals surface area (Å²) in [4.78, 5) is 21.4. The third-order valence-electron chi connectivity index (χ3n) is 5.02. The number of hydrogen-bond acceptors (Lipinski definition) is 4. The van der Waals surface area contributed by atoms with Gasteiger partial charge in [-0.15, -0.1) is 0 Å². The van der Waals surface area contributed by atoms with Crippen LogP contribution in [0.2, 0.25) is 0 Å². The lowest BCUT2D eigenvalue weighted by Crippen LogP contribution is -2.36. The van der Waals surface area contributed by atoms with E-state index in [1.165, 1.54) is 12.6 Å². The molecule has 3 rings (SSSR count). The molecule has 4 N–H and O–H groups in total. The Morgan fingerprint density at radius 2 is 1.90 bits per heavy atom. The van der Waals surface area contributed by atoms with Gasteiger partial charge >= 0.3 is 0 Å². The van der Waals surface area contributed by atoms with Gasteiger partial charge < -0.3 is 15.5 Å². The highest BCUT2D eigenvalue weighted by Gasteiger charge is 2.11. The summed E-state index contributed by atoms with van der Waals surface area (Å²) in [6.45, 7) is 7.84. The molecule has 0 fully saturated rings. The monoisotopic (exact) mass is 407 g/mol. The molecule has 0 aliphatic heterocycles. The number of rotatable bonds is 8. The smallest absolute Gasteiger partial charge is 0.274 e. The molecule has 0 spiro atoms. The predicted molar refractivity (Wildman–Crippen MR) is 121 cm³/mol. The van der Waals surface area contributed by atoms with Gasteiger partial charge in [-0.25, -0.2) is 0 Å². The lowest BCUT2D eigenvalue weighted by atomic mass is 10.1. The van der Waals surface area contributed by atoms with Crippen molar-refractivity contribution in [2.24, 2.45) is 10.7 Å². The van der Waals surface area contributed by atoms with Crippen molar-refractivity contribution in [3.63, 3.8) is 0 Å². The van der Waals surface area contributed by atoms with E-state index in [4.69, 9.17) is 10.5 Å². The lowest BCUT2D eigenvalue weighted by Gasteiger charge is -2.18. The molecule has 0 radical (unpaired) electrons. The molecule has 1 aromatic heterocycles. The number of aliphatic imine (C=N–C) groups is 1. The molecular formula is C23H29N5O2. The quantitative estimate of drug-likeness (QED) is 0.394. The zero-order valence-corrected chi connectivity index (χ0v) is 17.7. The van der Waals surface area contributed by atoms with Crippen molar-refractivity contribution in [1.29, 1.82) is 0 Å². The van der Waals surface area contributed by atoms with Gasteiger partial charge in [-0.2, -0.15) is 0 Å². The number of amides is 1. The molecule has 3 aromatic rings. The van der Waals surface area contributed by atoms with Crippen LogP contribution >= 0.6 is 0 Å². The topological polar surface area (TPSA) is 95.7 Å². The molecule has 0 saturated carbocycles. The highest BCUT2D eigenvalue weighted by atomic mass is 16.5. The summed E-state index contributed by atoms with van der Waals surface area (Å²) in [5.74, 6) is 0.479. The fourth-order valence-electron chi connectivity index (χ4n) is 3.25. The number of hydrogen-bond donors (Lipinski definition) is 3. The van der Waals surface area contributed by atoms with E-state index >= 15 is 0 Å². The SMILES string of the molecule is CCN(CC)Cc1cccc(COc2ccc3cc(C(=O)NC(N)=NC)[nH]c3c2)c1. The zero-order chi connectivity index (χ0) is 21.5. The number of carbonyl (C=O) groups excluding carboxylic acids is 1. The minimum Gasteiger partial charge on any atom is -0.489 e. The maximum absolute atomic E-state index is 12.2. The molecule has 0 atom stereocenters. The largest absolute Gasteiger partial charge is 0.489 e. The van der Waals surface area contributed by atoms with Gasteiger partial charge in [-0.3, -0.25) is 20.0 Å². The Labute approximate surface area is 176 Å². The Morgan fingerprint density at radius 1 is 1.13 bits per heavy atom. The van der Waals surface area contributed by atoms with E-state index in [1.54, 1.807) is 6.07 Å². The zero-order valence-electron chi connectivity index (χ0n) is 17.7. The van der Waals surface area contributed by atoms with Crippen LogP contribution in [0.5, 0.6) is 5.75 Å². The number of nitrogens with one attached hydrogen (secondary N) is 2. The molecule has 1 heterocycles. The van der Waals surface area contributed by atoms with E-state index in [0.717, 1.165) is 41.9 Å². The number of aromatic amines is 1. The average molecular weight is 408 g/mol. The van der Waals surface area contributed by atoms with Crippen molar-refractivity contribution >= 4 is 22.8 Å². The maximum Gasteiger partial charge on any atom is 0.274 e. The van der Waals surface area contributed by atoms with Crippen LogP contribution in [0.3, 0.4) is 0 Å². The third kappa shape index (κ3) is 5.39. The summed E-state index contributed by atoms with van der Waals surface area (Å²) in [6.07, 6.45) is 0. The van der Waals surface area contributed by atoms with Gasteiger partial charge in [0.25, 0.3) is 5.91 Å². The maximum atomic E-state index is 12.2. The number of ether oxygens (including phenoxy) is 1. The molecule has 0 saturated heterocycles. The molecule has 30 heavy (non-hydrogen) atoms. The summed E-state index contributed by atoms with van der Waals surface area (Å²) in [7, 11) is 1.52. The fourth-order valence-corrected chi connectivity index (χ4v) is 3.25. The van der Waals surface area contributed by atoms with Gasteiger partial charge in [0.1, 0.15) is 18.1 Å². The average Bonchev–Trinajstić information content (AvgIpc) is 3.20. The molecule has 7 nitrogen and oxygen atoms in total. The lowest BCUT2D eigenvalue weighted by molar-refractivity contribution is 0.0972. The normalized spacial score (nSPS) is 11.8. The number of guanidine groups is 1. The van der Waals surface area contributed by atoms with Crippen molar-refractivity contribution in [1.82, 2.24) is 15.2 Å². The highest BCUT2D eigenvalue weighted by Crippen LogP contribution is 2.22. The molecule has 2 aromatic carbocycles. The van der Waals surface area contributed by atoms with E-state index in [2.05, 4.69) is 58.3 Å². The molecule has 0 aliphatic rings. The van der Waals surface area contributed by atoms with E-state index in [0.29, 0.717) is 12.3 Å². The van der Waals surface area contributed by atoms with Crippen LogP contribution in [0.4, 0.5) is 0 Å². The summed E-state index contributed by atoms with van der Waals surface area (Å²) in [5, 5.41) is 3.44. The molecule has 0 bridgehead atoms. The standard InChI is InChI=1S/C23H29N5O2/c1-4-28(5-2)14-16-7-6-8-17(11-16)15-30-19-10-9-18-12-21(26-20(18)13-19)22(29)27-23(24)25-3/h6-13,26H,4-5,14-15H2,1-3H3,(H3,24,25,27,29). The van der Waals surface area contributed by atoms with Gasteiger partial charge in [0.15, 0.2) is 5.96 Å². The van der Waals surface area contributed by atoms with Crippen LogP contribution in [0, 0.1) is 0 Å². The Morgan fingerprint density at radius 3 is 2.63 bits per heavy atom. The Bertz CT molecular complexity index is 1040. The van der Waals surface area contributed by atoms with Crippen LogP contribution in [0.25, 0.3) is 10.9 Å². The number of fused-ring (bicyclic) bond motifs is 1. The fraction of sp³-hybridized carbons (Fsp3) is 0.304. The second-order valence-electron chi connectivity index (χ2n) is 7.07. The van der Waals surface area contributed by atoms with Crippen molar-refractivity contribution in [2.75, 3.05) is 20.1 Å². The van der Waals surface area contributed by atoms with Crippen LogP contribution in [-0.4, -0.2) is 41.9 Å². The molecule has 158 valence electrons. The Hall–Kier alpha value is -3.32. The second-order valence-corrected chi connectivity index (χ2v) is 7.07. The molecule has 7 heteroatoms. The first kappa shape index (κ1) is 21.4. The van der Waals surface area contributed by atoms with Gasteiger partial charge in [-0.1, -0.05) is 38.1 Å². The first-order chi connectivity index (χ1) is 14.5. The number of aromatic nitrogens is 1. The van der Waals surface area contributed by atoms with Gasteiger partial charge in [0.05, 0.1) is 0 Å². The van der Waals surface area contributed by atoms with E-state index in [1.807, 2.05) is 18.2 Å². The van der Waals surface area contributed by atoms with Gasteiger partial charge in [0.2, 0.25) is 0 Å². The first-order valence-electron chi connectivity index (χ1n) is 10.1. The highest BCUT2D eigenvalue weighted by molar-refractivity contribution is 6.06.